The average molecular weight is 290 g/mol. The summed E-state index contributed by atoms with van der Waals surface area (Å²) in [7, 11) is -3.61. The number of hydrogen-bond acceptors (Lipinski definition) is 5. The van der Waals surface area contributed by atoms with Crippen LogP contribution in [0.2, 0.25) is 0 Å². The molecule has 0 saturated heterocycles. The van der Waals surface area contributed by atoms with Gasteiger partial charge in [0.25, 0.3) is 0 Å². The maximum atomic E-state index is 12.0. The summed E-state index contributed by atoms with van der Waals surface area (Å²) in [6, 6.07) is 5.61. The summed E-state index contributed by atoms with van der Waals surface area (Å²) in [5.74, 6) is -0.569. The Labute approximate surface area is 109 Å². The van der Waals surface area contributed by atoms with Crippen molar-refractivity contribution in [3.63, 3.8) is 0 Å². The normalized spacial score (nSPS) is 14.8. The number of benzene rings is 1. The van der Waals surface area contributed by atoms with Gasteiger partial charge < -0.3 is 4.74 Å². The van der Waals surface area contributed by atoms with Gasteiger partial charge in [-0.3, -0.25) is 9.00 Å². The highest BCUT2D eigenvalue weighted by Crippen LogP contribution is 2.16. The van der Waals surface area contributed by atoms with Crippen LogP contribution in [0.25, 0.3) is 0 Å². The summed E-state index contributed by atoms with van der Waals surface area (Å²) < 4.78 is 39.0. The zero-order valence-electron chi connectivity index (χ0n) is 10.2. The van der Waals surface area contributed by atoms with Crippen molar-refractivity contribution in [2.24, 2.45) is 0 Å². The first-order valence-electron chi connectivity index (χ1n) is 5.06. The van der Waals surface area contributed by atoms with E-state index in [1.54, 1.807) is 0 Å². The maximum Gasteiger partial charge on any atom is 0.321 e. The van der Waals surface area contributed by atoms with Crippen LogP contribution < -0.4 is 0 Å². The lowest BCUT2D eigenvalue weighted by molar-refractivity contribution is -0.139. The number of rotatable bonds is 4. The number of sulfone groups is 1. The Bertz CT molecular complexity index is 560. The lowest BCUT2D eigenvalue weighted by Crippen LogP contribution is -2.23. The molecule has 0 saturated carbocycles. The van der Waals surface area contributed by atoms with Gasteiger partial charge in [0.1, 0.15) is 5.25 Å². The van der Waals surface area contributed by atoms with Crippen molar-refractivity contribution in [2.45, 2.75) is 22.0 Å². The minimum absolute atomic E-state index is 0.147. The lowest BCUT2D eigenvalue weighted by atomic mass is 10.4. The number of esters is 1. The minimum atomic E-state index is -3.28. The summed E-state index contributed by atoms with van der Waals surface area (Å²) in [6.07, 6.45) is 1.09. The van der Waals surface area contributed by atoms with Crippen LogP contribution in [0.1, 0.15) is 6.92 Å². The molecular formula is C11H14O5S2. The number of ether oxygens (including phenoxy) is 1. The zero-order valence-corrected chi connectivity index (χ0v) is 11.9. The van der Waals surface area contributed by atoms with Crippen LogP contribution in [-0.2, 0) is 30.2 Å². The molecule has 0 aliphatic rings. The van der Waals surface area contributed by atoms with E-state index in [2.05, 4.69) is 4.74 Å². The van der Waals surface area contributed by atoms with E-state index >= 15 is 0 Å². The maximum absolute atomic E-state index is 12.0. The Hall–Kier alpha value is -1.21. The van der Waals surface area contributed by atoms with Gasteiger partial charge in [-0.1, -0.05) is 0 Å². The molecule has 0 aliphatic carbocycles. The van der Waals surface area contributed by atoms with Gasteiger partial charge in [0.2, 0.25) is 0 Å². The topological polar surface area (TPSA) is 77.5 Å². The fraction of sp³-hybridized carbons (Fsp3) is 0.364. The van der Waals surface area contributed by atoms with E-state index in [0.717, 1.165) is 6.26 Å². The molecule has 0 bridgehead atoms. The molecule has 1 aromatic carbocycles. The van der Waals surface area contributed by atoms with Gasteiger partial charge in [0, 0.05) is 11.2 Å². The standard InChI is InChI=1S/C11H14O5S2/c1-8(11(12)16-2)17(13)9-4-6-10(7-5-9)18(3,14)15/h4-8H,1-3H3. The van der Waals surface area contributed by atoms with Crippen LogP contribution in [-0.4, -0.2) is 37.2 Å². The molecule has 0 aromatic heterocycles. The molecule has 1 rings (SSSR count). The smallest absolute Gasteiger partial charge is 0.321 e. The van der Waals surface area contributed by atoms with Gasteiger partial charge >= 0.3 is 5.97 Å². The van der Waals surface area contributed by atoms with E-state index in [-0.39, 0.29) is 4.90 Å². The Morgan fingerprint density at radius 2 is 1.78 bits per heavy atom. The van der Waals surface area contributed by atoms with E-state index in [4.69, 9.17) is 0 Å². The van der Waals surface area contributed by atoms with E-state index in [1.807, 2.05) is 0 Å². The van der Waals surface area contributed by atoms with Crippen LogP contribution >= 0.6 is 0 Å². The quantitative estimate of drug-likeness (QED) is 0.765. The Kier molecular flexibility index (Phi) is 4.64. The largest absolute Gasteiger partial charge is 0.468 e. The molecular weight excluding hydrogens is 276 g/mol. The Morgan fingerprint density at radius 3 is 2.17 bits per heavy atom. The SMILES string of the molecule is COC(=O)C(C)S(=O)c1ccc(S(C)(=O)=O)cc1. The van der Waals surface area contributed by atoms with Crippen molar-refractivity contribution in [1.82, 2.24) is 0 Å². The fourth-order valence-electron chi connectivity index (χ4n) is 1.28. The van der Waals surface area contributed by atoms with Crippen molar-refractivity contribution < 1.29 is 22.2 Å². The van der Waals surface area contributed by atoms with E-state index in [0.29, 0.717) is 4.90 Å². The Morgan fingerprint density at radius 1 is 1.28 bits per heavy atom. The molecule has 5 nitrogen and oxygen atoms in total. The number of carbonyl (C=O) groups is 1. The second-order valence-corrected chi connectivity index (χ2v) is 7.50. The van der Waals surface area contributed by atoms with Crippen LogP contribution in [0.3, 0.4) is 0 Å². The molecule has 2 atom stereocenters. The highest BCUT2D eigenvalue weighted by atomic mass is 32.2. The second-order valence-electron chi connectivity index (χ2n) is 3.71. The van der Waals surface area contributed by atoms with Crippen molar-refractivity contribution in [3.05, 3.63) is 24.3 Å². The highest BCUT2D eigenvalue weighted by Gasteiger charge is 2.22. The van der Waals surface area contributed by atoms with Crippen molar-refractivity contribution in [2.75, 3.05) is 13.4 Å². The van der Waals surface area contributed by atoms with Gasteiger partial charge in [0.05, 0.1) is 22.8 Å². The molecule has 0 radical (unpaired) electrons. The third-order valence-electron chi connectivity index (χ3n) is 2.34. The lowest BCUT2D eigenvalue weighted by Gasteiger charge is -2.09. The number of carbonyl (C=O) groups excluding carboxylic acids is 1. The molecule has 1 aromatic rings. The van der Waals surface area contributed by atoms with Crippen molar-refractivity contribution in [3.8, 4) is 0 Å². The van der Waals surface area contributed by atoms with E-state index in [1.165, 1.54) is 38.3 Å². The van der Waals surface area contributed by atoms with Crippen molar-refractivity contribution >= 4 is 26.6 Å². The summed E-state index contributed by atoms with van der Waals surface area (Å²) in [5.41, 5.74) is 0. The minimum Gasteiger partial charge on any atom is -0.468 e. The fourth-order valence-corrected chi connectivity index (χ4v) is 2.99. The van der Waals surface area contributed by atoms with Crippen molar-refractivity contribution in [1.29, 1.82) is 0 Å². The first-order valence-corrected chi connectivity index (χ1v) is 8.16. The number of hydrogen-bond donors (Lipinski definition) is 0. The predicted molar refractivity (Wildman–Crippen MR) is 67.4 cm³/mol. The molecule has 7 heteroatoms. The monoisotopic (exact) mass is 290 g/mol. The van der Waals surface area contributed by atoms with Gasteiger partial charge in [-0.2, -0.15) is 0 Å². The number of methoxy groups -OCH3 is 1. The molecule has 100 valence electrons. The molecule has 18 heavy (non-hydrogen) atoms. The molecule has 2 unspecified atom stereocenters. The Balaban J connectivity index is 2.99. The molecule has 0 fully saturated rings. The molecule has 0 amide bonds. The van der Waals surface area contributed by atoms with Gasteiger partial charge in [-0.05, 0) is 31.2 Å². The first kappa shape index (κ1) is 14.8. The van der Waals surface area contributed by atoms with Gasteiger partial charge in [-0.25, -0.2) is 8.42 Å². The first-order chi connectivity index (χ1) is 8.27. The molecule has 0 spiro atoms. The van der Waals surface area contributed by atoms with Crippen LogP contribution in [0.5, 0.6) is 0 Å². The molecule has 0 N–H and O–H groups in total. The molecule has 0 heterocycles. The van der Waals surface area contributed by atoms with Gasteiger partial charge in [0.15, 0.2) is 9.84 Å². The summed E-state index contributed by atoms with van der Waals surface area (Å²) >= 11 is 0. The zero-order chi connectivity index (χ0) is 13.9. The van der Waals surface area contributed by atoms with Crippen LogP contribution in [0, 0.1) is 0 Å². The summed E-state index contributed by atoms with van der Waals surface area (Å²) in [5, 5.41) is -0.793. The van der Waals surface area contributed by atoms with E-state index < -0.39 is 31.9 Å². The summed E-state index contributed by atoms with van der Waals surface area (Å²) in [6.45, 7) is 1.49. The predicted octanol–water partition coefficient (Wildman–Crippen LogP) is 0.759. The van der Waals surface area contributed by atoms with Gasteiger partial charge in [-0.15, -0.1) is 0 Å². The van der Waals surface area contributed by atoms with Crippen LogP contribution in [0.15, 0.2) is 34.1 Å². The second kappa shape index (κ2) is 5.62. The molecule has 0 aliphatic heterocycles. The third-order valence-corrected chi connectivity index (χ3v) is 5.04. The summed E-state index contributed by atoms with van der Waals surface area (Å²) in [4.78, 5) is 11.8. The highest BCUT2D eigenvalue weighted by molar-refractivity contribution is 7.90. The third kappa shape index (κ3) is 3.39. The van der Waals surface area contributed by atoms with Crippen LogP contribution in [0.4, 0.5) is 0 Å². The average Bonchev–Trinajstić information content (AvgIpc) is 2.35. The van der Waals surface area contributed by atoms with E-state index in [9.17, 15) is 17.4 Å².